The molecule has 9 heteroatoms. The average Bonchev–Trinajstić information content (AvgIpc) is 2.92. The van der Waals surface area contributed by atoms with Gasteiger partial charge in [-0.1, -0.05) is 12.5 Å². The van der Waals surface area contributed by atoms with Gasteiger partial charge in [-0.05, 0) is 43.1 Å². The molecular weight excluding hydrogens is 407 g/mol. The second-order valence-electron chi connectivity index (χ2n) is 7.69. The van der Waals surface area contributed by atoms with E-state index in [9.17, 15) is 13.2 Å². The first kappa shape index (κ1) is 21.3. The van der Waals surface area contributed by atoms with Crippen LogP contribution in [0, 0.1) is 0 Å². The lowest BCUT2D eigenvalue weighted by Gasteiger charge is -2.32. The number of amidine groups is 2. The summed E-state index contributed by atoms with van der Waals surface area (Å²) in [5, 5.41) is 0. The molecule has 0 aromatic carbocycles. The maximum Gasteiger partial charge on any atom is 0.417 e. The molecule has 0 atom stereocenters. The van der Waals surface area contributed by atoms with E-state index < -0.39 is 11.7 Å². The second-order valence-corrected chi connectivity index (χ2v) is 7.69. The summed E-state index contributed by atoms with van der Waals surface area (Å²) in [6.45, 7) is 6.43. The first-order chi connectivity index (χ1) is 14.8. The molecule has 1 aromatic rings. The average molecular weight is 431 g/mol. The van der Waals surface area contributed by atoms with Crippen LogP contribution in [-0.4, -0.2) is 47.9 Å². The standard InChI is InChI=1S/C22H24F3N5O/c1-3-14-9-16-15(8-13(14)2)11-28-20(29-21(16)30-4-6-31-7-5-30)17-12-27-19(26)10-18(17)22(23,24)25/h9-12H,3-8H2,1-2H3,(H2,26,27). The van der Waals surface area contributed by atoms with E-state index in [0.29, 0.717) is 38.6 Å². The van der Waals surface area contributed by atoms with Crippen LogP contribution in [0.25, 0.3) is 0 Å². The Labute approximate surface area is 178 Å². The van der Waals surface area contributed by atoms with E-state index in [-0.39, 0.29) is 17.2 Å². The topological polar surface area (TPSA) is 76.1 Å². The van der Waals surface area contributed by atoms with Gasteiger partial charge in [0.2, 0.25) is 0 Å². The number of anilines is 1. The van der Waals surface area contributed by atoms with Crippen molar-refractivity contribution in [1.29, 1.82) is 0 Å². The molecule has 164 valence electrons. The van der Waals surface area contributed by atoms with Crippen molar-refractivity contribution in [3.8, 4) is 0 Å². The van der Waals surface area contributed by atoms with Crippen molar-refractivity contribution in [3.05, 3.63) is 58.0 Å². The Hall–Kier alpha value is -2.94. The van der Waals surface area contributed by atoms with Crippen molar-refractivity contribution in [2.45, 2.75) is 32.9 Å². The molecule has 0 unspecified atom stereocenters. The fourth-order valence-corrected chi connectivity index (χ4v) is 3.97. The molecule has 6 nitrogen and oxygen atoms in total. The van der Waals surface area contributed by atoms with Crippen LogP contribution in [0.5, 0.6) is 0 Å². The number of hydrogen-bond acceptors (Lipinski definition) is 6. The first-order valence-corrected chi connectivity index (χ1v) is 10.2. The van der Waals surface area contributed by atoms with Gasteiger partial charge in [0.1, 0.15) is 11.7 Å². The summed E-state index contributed by atoms with van der Waals surface area (Å²) in [5.74, 6) is 0.388. The molecule has 0 radical (unpaired) electrons. The van der Waals surface area contributed by atoms with Gasteiger partial charge < -0.3 is 15.4 Å². The molecule has 2 N–H and O–H groups in total. The zero-order chi connectivity index (χ0) is 22.2. The predicted molar refractivity (Wildman–Crippen MR) is 114 cm³/mol. The summed E-state index contributed by atoms with van der Waals surface area (Å²) in [7, 11) is 0. The lowest BCUT2D eigenvalue weighted by atomic mass is 9.87. The van der Waals surface area contributed by atoms with Crippen LogP contribution in [0.1, 0.15) is 37.8 Å². The van der Waals surface area contributed by atoms with Crippen LogP contribution in [0.3, 0.4) is 0 Å². The van der Waals surface area contributed by atoms with E-state index >= 15 is 0 Å². The summed E-state index contributed by atoms with van der Waals surface area (Å²) in [6.07, 6.45) is 1.75. The van der Waals surface area contributed by atoms with Gasteiger partial charge in [-0.2, -0.15) is 13.2 Å². The van der Waals surface area contributed by atoms with E-state index in [0.717, 1.165) is 29.8 Å². The Morgan fingerprint density at radius 3 is 2.65 bits per heavy atom. The highest BCUT2D eigenvalue weighted by atomic mass is 19.4. The maximum atomic E-state index is 13.7. The highest BCUT2D eigenvalue weighted by Gasteiger charge is 2.36. The minimum absolute atomic E-state index is 0.0279. The zero-order valence-corrected chi connectivity index (χ0v) is 17.5. The molecular formula is C22H24F3N5O. The largest absolute Gasteiger partial charge is 0.417 e. The molecule has 1 aliphatic carbocycles. The molecule has 2 aliphatic heterocycles. The fourth-order valence-electron chi connectivity index (χ4n) is 3.97. The number of morpholine rings is 1. The van der Waals surface area contributed by atoms with Crippen LogP contribution in [0.4, 0.5) is 19.0 Å². The summed E-state index contributed by atoms with van der Waals surface area (Å²) >= 11 is 0. The lowest BCUT2D eigenvalue weighted by molar-refractivity contribution is -0.137. The first-order valence-electron chi connectivity index (χ1n) is 10.2. The second kappa shape index (κ2) is 8.30. The molecule has 0 amide bonds. The van der Waals surface area contributed by atoms with Crippen LogP contribution < -0.4 is 5.73 Å². The van der Waals surface area contributed by atoms with E-state index in [4.69, 9.17) is 10.5 Å². The smallest absolute Gasteiger partial charge is 0.384 e. The molecule has 3 aliphatic rings. The van der Waals surface area contributed by atoms with Crippen molar-refractivity contribution >= 4 is 17.5 Å². The minimum Gasteiger partial charge on any atom is -0.384 e. The van der Waals surface area contributed by atoms with Crippen molar-refractivity contribution in [2.75, 3.05) is 32.0 Å². The number of nitrogens with two attached hydrogens (primary N) is 1. The molecule has 31 heavy (non-hydrogen) atoms. The molecule has 0 spiro atoms. The van der Waals surface area contributed by atoms with Crippen molar-refractivity contribution in [1.82, 2.24) is 9.88 Å². The molecule has 4 rings (SSSR count). The number of nitrogens with zero attached hydrogens (tertiary/aromatic N) is 4. The number of allylic oxidation sites excluding steroid dienone is 3. The minimum atomic E-state index is -4.61. The number of pyridine rings is 1. The van der Waals surface area contributed by atoms with Crippen LogP contribution in [-0.2, 0) is 10.9 Å². The number of nitrogen functional groups attached to an aromatic ring is 1. The van der Waals surface area contributed by atoms with E-state index in [2.05, 4.69) is 39.8 Å². The third kappa shape index (κ3) is 4.27. The third-order valence-corrected chi connectivity index (χ3v) is 5.63. The molecule has 0 bridgehead atoms. The summed E-state index contributed by atoms with van der Waals surface area (Å²) < 4.78 is 46.7. The van der Waals surface area contributed by atoms with Crippen molar-refractivity contribution in [3.63, 3.8) is 0 Å². The van der Waals surface area contributed by atoms with Crippen LogP contribution in [0.15, 0.2) is 56.8 Å². The normalized spacial score (nSPS) is 19.8. The van der Waals surface area contributed by atoms with Gasteiger partial charge in [-0.15, -0.1) is 0 Å². The quantitative estimate of drug-likeness (QED) is 0.765. The third-order valence-electron chi connectivity index (χ3n) is 5.63. The Morgan fingerprint density at radius 2 is 1.97 bits per heavy atom. The lowest BCUT2D eigenvalue weighted by Crippen LogP contribution is -2.42. The number of fused-ring (bicyclic) bond motifs is 1. The van der Waals surface area contributed by atoms with Gasteiger partial charge in [-0.3, -0.25) is 0 Å². The Bertz CT molecular complexity index is 1040. The molecule has 1 aromatic heterocycles. The SMILES string of the molecule is CCC1=C(C)CC2=CN=C(c3cnc(N)cc3C(F)(F)F)N=C(N3CCOCC3)C2=C1. The maximum absolute atomic E-state index is 13.7. The highest BCUT2D eigenvalue weighted by Crippen LogP contribution is 2.36. The van der Waals surface area contributed by atoms with Crippen LogP contribution in [0.2, 0.25) is 0 Å². The van der Waals surface area contributed by atoms with E-state index in [1.807, 2.05) is 0 Å². The summed E-state index contributed by atoms with van der Waals surface area (Å²) in [4.78, 5) is 15.0. The molecule has 3 heterocycles. The number of ether oxygens (including phenoxy) is 1. The number of rotatable bonds is 2. The van der Waals surface area contributed by atoms with E-state index in [1.54, 1.807) is 6.20 Å². The van der Waals surface area contributed by atoms with Gasteiger partial charge in [0.15, 0.2) is 5.84 Å². The zero-order valence-electron chi connectivity index (χ0n) is 17.5. The summed E-state index contributed by atoms with van der Waals surface area (Å²) in [6, 6.07) is 0.826. The van der Waals surface area contributed by atoms with Gasteiger partial charge >= 0.3 is 6.18 Å². The van der Waals surface area contributed by atoms with Gasteiger partial charge in [-0.25, -0.2) is 15.0 Å². The van der Waals surface area contributed by atoms with Gasteiger partial charge in [0, 0.05) is 36.6 Å². The Balaban J connectivity index is 1.89. The van der Waals surface area contributed by atoms with Crippen LogP contribution >= 0.6 is 0 Å². The number of halogens is 3. The highest BCUT2D eigenvalue weighted by molar-refractivity contribution is 6.15. The number of aromatic nitrogens is 1. The summed E-state index contributed by atoms with van der Waals surface area (Å²) in [5.41, 5.74) is 8.72. The van der Waals surface area contributed by atoms with Crippen molar-refractivity contribution in [2.24, 2.45) is 9.98 Å². The van der Waals surface area contributed by atoms with Crippen molar-refractivity contribution < 1.29 is 17.9 Å². The van der Waals surface area contributed by atoms with Gasteiger partial charge in [0.05, 0.1) is 18.8 Å². The molecule has 1 saturated heterocycles. The monoisotopic (exact) mass is 431 g/mol. The Kier molecular flexibility index (Phi) is 5.70. The van der Waals surface area contributed by atoms with E-state index in [1.165, 1.54) is 11.1 Å². The number of alkyl halides is 3. The fraction of sp³-hybridized carbons (Fsp3) is 0.409. The number of aliphatic imine (C=N–C) groups is 2. The number of hydrogen-bond donors (Lipinski definition) is 1. The van der Waals surface area contributed by atoms with Gasteiger partial charge in [0.25, 0.3) is 0 Å². The predicted octanol–water partition coefficient (Wildman–Crippen LogP) is 4.11. The molecule has 0 saturated carbocycles. The Morgan fingerprint density at radius 1 is 1.23 bits per heavy atom. The molecule has 1 fully saturated rings.